The summed E-state index contributed by atoms with van der Waals surface area (Å²) in [7, 11) is -1.84. The number of benzene rings is 1. The molecule has 0 spiro atoms. The van der Waals surface area contributed by atoms with Gasteiger partial charge < -0.3 is 5.32 Å². The third kappa shape index (κ3) is 3.68. The highest BCUT2D eigenvalue weighted by Gasteiger charge is 2.17. The van der Waals surface area contributed by atoms with Crippen LogP contribution in [0.1, 0.15) is 4.88 Å². The van der Waals surface area contributed by atoms with E-state index < -0.39 is 15.8 Å². The third-order valence-electron chi connectivity index (χ3n) is 2.47. The zero-order valence-electron chi connectivity index (χ0n) is 10.5. The maximum atomic E-state index is 13.0. The van der Waals surface area contributed by atoms with Crippen LogP contribution >= 0.6 is 33.9 Å². The number of anilines is 1. The van der Waals surface area contributed by atoms with Crippen molar-refractivity contribution in [2.45, 2.75) is 11.4 Å². The van der Waals surface area contributed by atoms with Crippen molar-refractivity contribution in [1.29, 1.82) is 0 Å². The molecule has 1 aromatic carbocycles. The summed E-state index contributed by atoms with van der Waals surface area (Å²) in [5.74, 6) is -0.399. The van der Waals surface area contributed by atoms with Crippen molar-refractivity contribution in [2.24, 2.45) is 0 Å². The Morgan fingerprint density at radius 3 is 2.75 bits per heavy atom. The minimum atomic E-state index is -3.64. The molecule has 0 fully saturated rings. The van der Waals surface area contributed by atoms with Gasteiger partial charge in [0.15, 0.2) is 0 Å². The van der Waals surface area contributed by atoms with Gasteiger partial charge in [0.25, 0.3) is 10.0 Å². The van der Waals surface area contributed by atoms with Gasteiger partial charge >= 0.3 is 0 Å². The second-order valence-corrected chi connectivity index (χ2v) is 7.85. The number of thiophene rings is 1. The summed E-state index contributed by atoms with van der Waals surface area (Å²) in [5, 5.41) is 4.55. The van der Waals surface area contributed by atoms with Gasteiger partial charge in [0.1, 0.15) is 5.82 Å². The number of sulfonamides is 1. The molecule has 8 heteroatoms. The van der Waals surface area contributed by atoms with Crippen LogP contribution < -0.4 is 10.0 Å². The Kier molecular flexibility index (Phi) is 4.99. The quantitative estimate of drug-likeness (QED) is 0.723. The van der Waals surface area contributed by atoms with Crippen molar-refractivity contribution in [3.05, 3.63) is 43.9 Å². The van der Waals surface area contributed by atoms with E-state index in [4.69, 9.17) is 0 Å². The van der Waals surface area contributed by atoms with E-state index in [-0.39, 0.29) is 4.90 Å². The van der Waals surface area contributed by atoms with Crippen LogP contribution in [-0.2, 0) is 16.6 Å². The molecule has 20 heavy (non-hydrogen) atoms. The zero-order chi connectivity index (χ0) is 14.8. The fraction of sp³-hybridized carbons (Fsp3) is 0.167. The van der Waals surface area contributed by atoms with Gasteiger partial charge in [0.2, 0.25) is 0 Å². The zero-order valence-corrected chi connectivity index (χ0v) is 14.3. The molecule has 0 atom stereocenters. The van der Waals surface area contributed by atoms with E-state index in [2.05, 4.69) is 10.0 Å². The Hall–Kier alpha value is -0.710. The van der Waals surface area contributed by atoms with Crippen LogP contribution in [0.4, 0.5) is 10.1 Å². The van der Waals surface area contributed by atoms with Crippen LogP contribution in [0.2, 0.25) is 0 Å². The lowest BCUT2D eigenvalue weighted by atomic mass is 10.3. The summed E-state index contributed by atoms with van der Waals surface area (Å²) in [6.07, 6.45) is 0. The van der Waals surface area contributed by atoms with Crippen LogP contribution in [0.15, 0.2) is 34.5 Å². The van der Waals surface area contributed by atoms with Gasteiger partial charge in [0, 0.05) is 20.4 Å². The molecule has 0 saturated carbocycles. The summed E-state index contributed by atoms with van der Waals surface area (Å²) in [6.45, 7) is 0.619. The normalized spacial score (nSPS) is 11.6. The molecule has 0 amide bonds. The molecule has 1 aromatic heterocycles. The largest absolute Gasteiger partial charge is 0.315 e. The first-order valence-electron chi connectivity index (χ1n) is 5.62. The van der Waals surface area contributed by atoms with Gasteiger partial charge in [-0.2, -0.15) is 0 Å². The Bertz CT molecular complexity index is 716. The molecule has 108 valence electrons. The van der Waals surface area contributed by atoms with E-state index in [9.17, 15) is 12.8 Å². The lowest BCUT2D eigenvalue weighted by molar-refractivity contribution is 0.601. The SMILES string of the molecule is CNCc1cc(S(=O)(=O)Nc2ccc(F)cc2I)cs1. The van der Waals surface area contributed by atoms with Gasteiger partial charge in [-0.3, -0.25) is 4.72 Å². The molecule has 0 aliphatic carbocycles. The molecular weight excluding hydrogens is 414 g/mol. The minimum absolute atomic E-state index is 0.216. The fourth-order valence-corrected chi connectivity index (χ4v) is 4.71. The maximum absolute atomic E-state index is 13.0. The predicted molar refractivity (Wildman–Crippen MR) is 87.0 cm³/mol. The first-order chi connectivity index (χ1) is 9.42. The van der Waals surface area contributed by atoms with E-state index in [0.29, 0.717) is 15.8 Å². The second-order valence-electron chi connectivity index (χ2n) is 4.01. The summed E-state index contributed by atoms with van der Waals surface area (Å²) in [6, 6.07) is 5.54. The highest BCUT2D eigenvalue weighted by atomic mass is 127. The van der Waals surface area contributed by atoms with Gasteiger partial charge in [-0.15, -0.1) is 11.3 Å². The molecular formula is C12H12FIN2O2S2. The highest BCUT2D eigenvalue weighted by Crippen LogP contribution is 2.25. The van der Waals surface area contributed by atoms with Gasteiger partial charge in [-0.25, -0.2) is 12.8 Å². The van der Waals surface area contributed by atoms with Crippen molar-refractivity contribution in [2.75, 3.05) is 11.8 Å². The predicted octanol–water partition coefficient (Wildman–Crippen LogP) is 3.01. The summed E-state index contributed by atoms with van der Waals surface area (Å²) < 4.78 is 40.5. The molecule has 0 radical (unpaired) electrons. The lowest BCUT2D eigenvalue weighted by Gasteiger charge is -2.08. The van der Waals surface area contributed by atoms with Crippen LogP contribution in [-0.4, -0.2) is 15.5 Å². The lowest BCUT2D eigenvalue weighted by Crippen LogP contribution is -2.13. The van der Waals surface area contributed by atoms with E-state index in [1.54, 1.807) is 18.5 Å². The van der Waals surface area contributed by atoms with E-state index in [0.717, 1.165) is 4.88 Å². The molecule has 4 nitrogen and oxygen atoms in total. The molecule has 0 saturated heterocycles. The Morgan fingerprint density at radius 1 is 1.35 bits per heavy atom. The molecule has 1 heterocycles. The molecule has 0 aliphatic heterocycles. The second kappa shape index (κ2) is 6.37. The molecule has 2 rings (SSSR count). The van der Waals surface area contributed by atoms with Gasteiger partial charge in [0.05, 0.1) is 10.6 Å². The Balaban J connectivity index is 2.26. The number of nitrogens with one attached hydrogen (secondary N) is 2. The first-order valence-corrected chi connectivity index (χ1v) is 9.06. The van der Waals surface area contributed by atoms with Crippen molar-refractivity contribution in [1.82, 2.24) is 5.32 Å². The third-order valence-corrected chi connectivity index (χ3v) is 5.79. The summed E-state index contributed by atoms with van der Waals surface area (Å²) in [4.78, 5) is 1.15. The molecule has 2 aromatic rings. The van der Waals surface area contributed by atoms with Crippen molar-refractivity contribution in [3.63, 3.8) is 0 Å². The fourth-order valence-electron chi connectivity index (χ4n) is 1.54. The van der Waals surface area contributed by atoms with E-state index in [1.807, 2.05) is 22.6 Å². The average molecular weight is 426 g/mol. The van der Waals surface area contributed by atoms with Crippen molar-refractivity contribution in [3.8, 4) is 0 Å². The van der Waals surface area contributed by atoms with Crippen LogP contribution in [0.3, 0.4) is 0 Å². The monoisotopic (exact) mass is 426 g/mol. The number of hydrogen-bond acceptors (Lipinski definition) is 4. The average Bonchev–Trinajstić information content (AvgIpc) is 2.83. The van der Waals surface area contributed by atoms with Gasteiger partial charge in [-0.05, 0) is 53.9 Å². The molecule has 0 bridgehead atoms. The van der Waals surface area contributed by atoms with Crippen molar-refractivity contribution >= 4 is 49.6 Å². The standard InChI is InChI=1S/C12H12FIN2O2S2/c1-15-6-9-5-10(7-19-9)20(17,18)16-12-3-2-8(13)4-11(12)14/h2-5,7,15-16H,6H2,1H3. The maximum Gasteiger partial charge on any atom is 0.262 e. The van der Waals surface area contributed by atoms with E-state index in [1.165, 1.54) is 29.5 Å². The Morgan fingerprint density at radius 2 is 2.10 bits per heavy atom. The van der Waals surface area contributed by atoms with Crippen LogP contribution in [0.25, 0.3) is 0 Å². The minimum Gasteiger partial charge on any atom is -0.315 e. The molecule has 0 aliphatic rings. The topological polar surface area (TPSA) is 58.2 Å². The van der Waals surface area contributed by atoms with Crippen LogP contribution in [0, 0.1) is 9.39 Å². The Labute approximate surface area is 134 Å². The van der Waals surface area contributed by atoms with Gasteiger partial charge in [-0.1, -0.05) is 0 Å². The smallest absolute Gasteiger partial charge is 0.262 e. The molecule has 0 unspecified atom stereocenters. The summed E-state index contributed by atoms with van der Waals surface area (Å²) in [5.41, 5.74) is 0.369. The number of halogens is 2. The number of rotatable bonds is 5. The molecule has 2 N–H and O–H groups in total. The highest BCUT2D eigenvalue weighted by molar-refractivity contribution is 14.1. The number of hydrogen-bond donors (Lipinski definition) is 2. The van der Waals surface area contributed by atoms with Crippen LogP contribution in [0.5, 0.6) is 0 Å². The first kappa shape index (κ1) is 15.7. The van der Waals surface area contributed by atoms with Crippen molar-refractivity contribution < 1.29 is 12.8 Å². The van der Waals surface area contributed by atoms with E-state index >= 15 is 0 Å². The summed E-state index contributed by atoms with van der Waals surface area (Å²) >= 11 is 3.26.